The van der Waals surface area contributed by atoms with Crippen LogP contribution < -0.4 is 5.73 Å². The van der Waals surface area contributed by atoms with Crippen LogP contribution in [0.2, 0.25) is 0 Å². The molecule has 100 valence electrons. The molecule has 2 N–H and O–H groups in total. The highest BCUT2D eigenvalue weighted by atomic mass is 79.9. The van der Waals surface area contributed by atoms with Crippen molar-refractivity contribution in [2.24, 2.45) is 11.7 Å². The van der Waals surface area contributed by atoms with Crippen molar-refractivity contribution in [2.75, 3.05) is 13.1 Å². The lowest BCUT2D eigenvalue weighted by molar-refractivity contribution is -0.125. The predicted octanol–water partition coefficient (Wildman–Crippen LogP) is 1.80. The van der Waals surface area contributed by atoms with E-state index in [-0.39, 0.29) is 17.7 Å². The standard InChI is InChI=1S/C14H15BrN2O2/c15-12-4-1-10(2-5-12)3-6-13(18)17-8-7-11(9-17)14(16)19/h1-6,11H,7-9H2,(H2,16,19)/b6-3+/t11-/m1/s1. The van der Waals surface area contributed by atoms with Crippen molar-refractivity contribution >= 4 is 33.8 Å². The van der Waals surface area contributed by atoms with Crippen LogP contribution in [0, 0.1) is 5.92 Å². The molecule has 0 aliphatic carbocycles. The van der Waals surface area contributed by atoms with Gasteiger partial charge in [-0.25, -0.2) is 0 Å². The average molecular weight is 323 g/mol. The number of likely N-dealkylation sites (tertiary alicyclic amines) is 1. The van der Waals surface area contributed by atoms with Crippen molar-refractivity contribution in [1.29, 1.82) is 0 Å². The number of amides is 2. The highest BCUT2D eigenvalue weighted by molar-refractivity contribution is 9.10. The van der Waals surface area contributed by atoms with Gasteiger partial charge in [0.25, 0.3) is 0 Å². The van der Waals surface area contributed by atoms with Gasteiger partial charge in [0.15, 0.2) is 0 Å². The largest absolute Gasteiger partial charge is 0.369 e. The number of nitrogens with zero attached hydrogens (tertiary/aromatic N) is 1. The van der Waals surface area contributed by atoms with Crippen LogP contribution in [-0.2, 0) is 9.59 Å². The number of hydrogen-bond acceptors (Lipinski definition) is 2. The molecule has 1 aliphatic heterocycles. The van der Waals surface area contributed by atoms with E-state index in [9.17, 15) is 9.59 Å². The summed E-state index contributed by atoms with van der Waals surface area (Å²) < 4.78 is 1.000. The summed E-state index contributed by atoms with van der Waals surface area (Å²) in [5.74, 6) is -0.608. The van der Waals surface area contributed by atoms with Crippen molar-refractivity contribution in [3.63, 3.8) is 0 Å². The van der Waals surface area contributed by atoms with Crippen LogP contribution in [0.1, 0.15) is 12.0 Å². The maximum Gasteiger partial charge on any atom is 0.246 e. The molecular weight excluding hydrogens is 308 g/mol. The lowest BCUT2D eigenvalue weighted by atomic mass is 10.1. The Bertz CT molecular complexity index is 511. The summed E-state index contributed by atoms with van der Waals surface area (Å²) in [4.78, 5) is 24.6. The first-order valence-electron chi connectivity index (χ1n) is 6.08. The second kappa shape index (κ2) is 6.02. The minimum atomic E-state index is -0.327. The second-order valence-corrected chi connectivity index (χ2v) is 5.47. The number of carbonyl (C=O) groups excluding carboxylic acids is 2. The van der Waals surface area contributed by atoms with E-state index in [1.807, 2.05) is 24.3 Å². The maximum absolute atomic E-state index is 11.9. The van der Waals surface area contributed by atoms with Gasteiger partial charge in [0.05, 0.1) is 5.92 Å². The summed E-state index contributed by atoms with van der Waals surface area (Å²) in [7, 11) is 0. The Balaban J connectivity index is 1.94. The van der Waals surface area contributed by atoms with Gasteiger partial charge in [0.1, 0.15) is 0 Å². The molecule has 0 aromatic heterocycles. The normalized spacial score (nSPS) is 19.0. The lowest BCUT2D eigenvalue weighted by Gasteiger charge is -2.13. The van der Waals surface area contributed by atoms with Crippen LogP contribution in [0.15, 0.2) is 34.8 Å². The van der Waals surface area contributed by atoms with Crippen LogP contribution in [0.3, 0.4) is 0 Å². The van der Waals surface area contributed by atoms with E-state index in [0.29, 0.717) is 19.5 Å². The maximum atomic E-state index is 11.9. The van der Waals surface area contributed by atoms with Gasteiger partial charge in [-0.15, -0.1) is 0 Å². The fourth-order valence-electron chi connectivity index (χ4n) is 2.04. The predicted molar refractivity (Wildman–Crippen MR) is 77.1 cm³/mol. The molecular formula is C14H15BrN2O2. The van der Waals surface area contributed by atoms with Gasteiger partial charge in [-0.2, -0.15) is 0 Å². The smallest absolute Gasteiger partial charge is 0.246 e. The molecule has 1 saturated heterocycles. The van der Waals surface area contributed by atoms with Crippen LogP contribution in [0.25, 0.3) is 6.08 Å². The molecule has 1 heterocycles. The van der Waals surface area contributed by atoms with E-state index in [1.165, 1.54) is 6.08 Å². The third-order valence-corrected chi connectivity index (χ3v) is 3.72. The first-order chi connectivity index (χ1) is 9.06. The molecule has 0 unspecified atom stereocenters. The monoisotopic (exact) mass is 322 g/mol. The minimum absolute atomic E-state index is 0.0772. The van der Waals surface area contributed by atoms with Crippen LogP contribution >= 0.6 is 15.9 Å². The number of benzene rings is 1. The van der Waals surface area contributed by atoms with Crippen molar-refractivity contribution in [1.82, 2.24) is 4.90 Å². The zero-order valence-electron chi connectivity index (χ0n) is 10.4. The Kier molecular flexibility index (Phi) is 4.37. The van der Waals surface area contributed by atoms with Gasteiger partial charge < -0.3 is 10.6 Å². The summed E-state index contributed by atoms with van der Waals surface area (Å²) in [6.07, 6.45) is 3.96. The Morgan fingerprint density at radius 3 is 2.58 bits per heavy atom. The van der Waals surface area contributed by atoms with E-state index < -0.39 is 0 Å². The van der Waals surface area contributed by atoms with Crippen molar-refractivity contribution in [2.45, 2.75) is 6.42 Å². The molecule has 0 spiro atoms. The number of halogens is 1. The second-order valence-electron chi connectivity index (χ2n) is 4.56. The Morgan fingerprint density at radius 2 is 2.00 bits per heavy atom. The molecule has 1 fully saturated rings. The van der Waals surface area contributed by atoms with Crippen molar-refractivity contribution in [3.05, 3.63) is 40.4 Å². The van der Waals surface area contributed by atoms with E-state index in [4.69, 9.17) is 5.73 Å². The zero-order valence-corrected chi connectivity index (χ0v) is 12.0. The Hall–Kier alpha value is -1.62. The molecule has 0 radical (unpaired) electrons. The van der Waals surface area contributed by atoms with Gasteiger partial charge in [-0.05, 0) is 30.2 Å². The quantitative estimate of drug-likeness (QED) is 0.862. The molecule has 1 aromatic carbocycles. The topological polar surface area (TPSA) is 63.4 Å². The number of carbonyl (C=O) groups is 2. The van der Waals surface area contributed by atoms with E-state index >= 15 is 0 Å². The van der Waals surface area contributed by atoms with Crippen LogP contribution in [-0.4, -0.2) is 29.8 Å². The Labute approximate surface area is 120 Å². The first kappa shape index (κ1) is 13.8. The highest BCUT2D eigenvalue weighted by Gasteiger charge is 2.28. The number of primary amides is 1. The Morgan fingerprint density at radius 1 is 1.32 bits per heavy atom. The number of rotatable bonds is 3. The molecule has 1 atom stereocenters. The first-order valence-corrected chi connectivity index (χ1v) is 6.87. The third-order valence-electron chi connectivity index (χ3n) is 3.19. The summed E-state index contributed by atoms with van der Waals surface area (Å²) in [6.45, 7) is 1.02. The van der Waals surface area contributed by atoms with Gasteiger partial charge in [0.2, 0.25) is 11.8 Å². The van der Waals surface area contributed by atoms with Gasteiger partial charge in [0, 0.05) is 23.6 Å². The summed E-state index contributed by atoms with van der Waals surface area (Å²) in [5.41, 5.74) is 6.20. The van der Waals surface area contributed by atoms with Gasteiger partial charge >= 0.3 is 0 Å². The van der Waals surface area contributed by atoms with Crippen molar-refractivity contribution in [3.8, 4) is 0 Å². The molecule has 1 aromatic rings. The molecule has 5 heteroatoms. The zero-order chi connectivity index (χ0) is 13.8. The van der Waals surface area contributed by atoms with E-state index in [2.05, 4.69) is 15.9 Å². The fourth-order valence-corrected chi connectivity index (χ4v) is 2.30. The molecule has 1 aliphatic rings. The SMILES string of the molecule is NC(=O)[C@@H]1CCN(C(=O)/C=C/c2ccc(Br)cc2)C1. The third kappa shape index (κ3) is 3.67. The van der Waals surface area contributed by atoms with Crippen molar-refractivity contribution < 1.29 is 9.59 Å². The highest BCUT2D eigenvalue weighted by Crippen LogP contribution is 2.16. The van der Waals surface area contributed by atoms with Crippen LogP contribution in [0.4, 0.5) is 0 Å². The summed E-state index contributed by atoms with van der Waals surface area (Å²) in [5, 5.41) is 0. The van der Waals surface area contributed by atoms with Gasteiger partial charge in [-0.1, -0.05) is 28.1 Å². The van der Waals surface area contributed by atoms with E-state index in [0.717, 1.165) is 10.0 Å². The number of nitrogens with two attached hydrogens (primary N) is 1. The molecule has 2 rings (SSSR count). The molecule has 19 heavy (non-hydrogen) atoms. The average Bonchev–Trinajstić information content (AvgIpc) is 2.87. The van der Waals surface area contributed by atoms with Gasteiger partial charge in [-0.3, -0.25) is 9.59 Å². The molecule has 0 bridgehead atoms. The summed E-state index contributed by atoms with van der Waals surface area (Å²) >= 11 is 3.36. The fraction of sp³-hybridized carbons (Fsp3) is 0.286. The molecule has 2 amide bonds. The number of hydrogen-bond donors (Lipinski definition) is 1. The molecule has 0 saturated carbocycles. The summed E-state index contributed by atoms with van der Waals surface area (Å²) in [6, 6.07) is 7.68. The lowest BCUT2D eigenvalue weighted by Crippen LogP contribution is -2.30. The molecule has 4 nitrogen and oxygen atoms in total. The van der Waals surface area contributed by atoms with E-state index in [1.54, 1.807) is 11.0 Å². The van der Waals surface area contributed by atoms with Crippen LogP contribution in [0.5, 0.6) is 0 Å². The minimum Gasteiger partial charge on any atom is -0.369 e.